The summed E-state index contributed by atoms with van der Waals surface area (Å²) >= 11 is 0. The maximum absolute atomic E-state index is 5.65. The van der Waals surface area contributed by atoms with Gasteiger partial charge < -0.3 is 4.74 Å². The van der Waals surface area contributed by atoms with E-state index >= 15 is 0 Å². The summed E-state index contributed by atoms with van der Waals surface area (Å²) in [6.45, 7) is 3.87. The number of hydrazine groups is 1. The van der Waals surface area contributed by atoms with Crippen LogP contribution < -0.4 is 11.3 Å². The van der Waals surface area contributed by atoms with Crippen LogP contribution in [0.5, 0.6) is 0 Å². The molecule has 2 unspecified atom stereocenters. The van der Waals surface area contributed by atoms with E-state index in [0.29, 0.717) is 0 Å². The van der Waals surface area contributed by atoms with Gasteiger partial charge in [-0.1, -0.05) is 6.92 Å². The number of aryl methyl sites for hydroxylation is 1. The molecule has 0 aliphatic carbocycles. The van der Waals surface area contributed by atoms with Gasteiger partial charge in [-0.3, -0.25) is 16.0 Å². The number of nitrogens with two attached hydrogens (primary N) is 1. The van der Waals surface area contributed by atoms with Gasteiger partial charge in [-0.25, -0.2) is 4.98 Å². The second kappa shape index (κ2) is 6.09. The minimum Gasteiger partial charge on any atom is -0.377 e. The van der Waals surface area contributed by atoms with Crippen molar-refractivity contribution in [3.05, 3.63) is 12.2 Å². The van der Waals surface area contributed by atoms with Crippen LogP contribution in [0.25, 0.3) is 0 Å². The van der Waals surface area contributed by atoms with Crippen LogP contribution >= 0.6 is 0 Å². The van der Waals surface area contributed by atoms with E-state index in [-0.39, 0.29) is 12.1 Å². The molecule has 17 heavy (non-hydrogen) atoms. The smallest absolute Gasteiger partial charge is 0.138 e. The fraction of sp³-hybridized carbons (Fsp3) is 0.818. The standard InChI is InChI=1S/C11H21N5O/c1-2-5-16-11(13-8-14-16)7-9(15-12)10-4-3-6-17-10/h8-10,15H,2-7,12H2,1H3. The number of aromatic nitrogens is 3. The van der Waals surface area contributed by atoms with Gasteiger partial charge in [0, 0.05) is 19.6 Å². The van der Waals surface area contributed by atoms with E-state index in [0.717, 1.165) is 44.7 Å². The molecule has 2 heterocycles. The zero-order chi connectivity index (χ0) is 12.1. The molecule has 0 radical (unpaired) electrons. The molecule has 3 N–H and O–H groups in total. The Balaban J connectivity index is 1.99. The molecule has 0 aromatic carbocycles. The molecule has 1 fully saturated rings. The average Bonchev–Trinajstić information content (AvgIpc) is 2.97. The lowest BCUT2D eigenvalue weighted by atomic mass is 10.1. The fourth-order valence-corrected chi connectivity index (χ4v) is 2.26. The zero-order valence-corrected chi connectivity index (χ0v) is 10.3. The number of hydrogen-bond donors (Lipinski definition) is 2. The van der Waals surface area contributed by atoms with Gasteiger partial charge >= 0.3 is 0 Å². The largest absolute Gasteiger partial charge is 0.377 e. The van der Waals surface area contributed by atoms with Gasteiger partial charge in [-0.15, -0.1) is 0 Å². The van der Waals surface area contributed by atoms with E-state index in [4.69, 9.17) is 10.6 Å². The van der Waals surface area contributed by atoms with Crippen LogP contribution in [0.4, 0.5) is 0 Å². The van der Waals surface area contributed by atoms with Gasteiger partial charge in [0.2, 0.25) is 0 Å². The third kappa shape index (κ3) is 3.02. The fourth-order valence-electron chi connectivity index (χ4n) is 2.26. The third-order valence-corrected chi connectivity index (χ3v) is 3.16. The van der Waals surface area contributed by atoms with Crippen LogP contribution in [-0.2, 0) is 17.7 Å². The van der Waals surface area contributed by atoms with E-state index in [1.54, 1.807) is 6.33 Å². The van der Waals surface area contributed by atoms with Crippen molar-refractivity contribution in [3.63, 3.8) is 0 Å². The van der Waals surface area contributed by atoms with Crippen LogP contribution in [0.1, 0.15) is 32.0 Å². The highest BCUT2D eigenvalue weighted by Crippen LogP contribution is 2.17. The number of rotatable bonds is 6. The first-order chi connectivity index (χ1) is 8.35. The maximum atomic E-state index is 5.65. The average molecular weight is 239 g/mol. The van der Waals surface area contributed by atoms with Crippen molar-refractivity contribution in [1.29, 1.82) is 0 Å². The SMILES string of the molecule is CCCn1ncnc1CC(NN)C1CCCO1. The molecule has 0 bridgehead atoms. The van der Waals surface area contributed by atoms with E-state index in [9.17, 15) is 0 Å². The Morgan fingerprint density at radius 2 is 2.59 bits per heavy atom. The van der Waals surface area contributed by atoms with Crippen LogP contribution in [0.3, 0.4) is 0 Å². The van der Waals surface area contributed by atoms with Crippen LogP contribution in [-0.4, -0.2) is 33.5 Å². The highest BCUT2D eigenvalue weighted by atomic mass is 16.5. The molecular formula is C11H21N5O. The van der Waals surface area contributed by atoms with Crippen molar-refractivity contribution in [3.8, 4) is 0 Å². The maximum Gasteiger partial charge on any atom is 0.138 e. The summed E-state index contributed by atoms with van der Waals surface area (Å²) in [6, 6.07) is 0.123. The van der Waals surface area contributed by atoms with Gasteiger partial charge in [0.05, 0.1) is 12.1 Å². The first kappa shape index (κ1) is 12.5. The summed E-state index contributed by atoms with van der Waals surface area (Å²) in [6.07, 6.45) is 5.81. The van der Waals surface area contributed by atoms with Gasteiger partial charge in [0.25, 0.3) is 0 Å². The summed E-state index contributed by atoms with van der Waals surface area (Å²) in [5, 5.41) is 4.22. The molecule has 2 rings (SSSR count). The minimum atomic E-state index is 0.123. The van der Waals surface area contributed by atoms with E-state index in [1.165, 1.54) is 0 Å². The summed E-state index contributed by atoms with van der Waals surface area (Å²) in [5.74, 6) is 6.58. The van der Waals surface area contributed by atoms with Crippen molar-refractivity contribution < 1.29 is 4.74 Å². The normalized spacial score (nSPS) is 21.9. The predicted octanol–water partition coefficient (Wildman–Crippen LogP) is 0.242. The predicted molar refractivity (Wildman–Crippen MR) is 64.1 cm³/mol. The van der Waals surface area contributed by atoms with Crippen LogP contribution in [0.2, 0.25) is 0 Å². The van der Waals surface area contributed by atoms with E-state index in [1.807, 2.05) is 4.68 Å². The molecule has 96 valence electrons. The summed E-state index contributed by atoms with van der Waals surface area (Å²) in [4.78, 5) is 4.29. The molecule has 6 nitrogen and oxygen atoms in total. The molecule has 0 amide bonds. The molecule has 0 saturated carbocycles. The first-order valence-electron chi connectivity index (χ1n) is 6.29. The van der Waals surface area contributed by atoms with Crippen molar-refractivity contribution >= 4 is 0 Å². The summed E-state index contributed by atoms with van der Waals surface area (Å²) in [7, 11) is 0. The van der Waals surface area contributed by atoms with Gasteiger partial charge in [0.15, 0.2) is 0 Å². The van der Waals surface area contributed by atoms with Crippen LogP contribution in [0, 0.1) is 0 Å². The van der Waals surface area contributed by atoms with Crippen molar-refractivity contribution in [2.45, 2.75) is 51.3 Å². The Labute approximate surface area is 102 Å². The van der Waals surface area contributed by atoms with E-state index < -0.39 is 0 Å². The minimum absolute atomic E-state index is 0.123. The summed E-state index contributed by atoms with van der Waals surface area (Å²) < 4.78 is 7.60. The third-order valence-electron chi connectivity index (χ3n) is 3.16. The molecule has 1 saturated heterocycles. The summed E-state index contributed by atoms with van der Waals surface area (Å²) in [5.41, 5.74) is 2.85. The Morgan fingerprint density at radius 1 is 1.71 bits per heavy atom. The van der Waals surface area contributed by atoms with Gasteiger partial charge in [0.1, 0.15) is 12.2 Å². The Hall–Kier alpha value is -0.980. The number of nitrogens with zero attached hydrogens (tertiary/aromatic N) is 3. The Bertz CT molecular complexity index is 334. The Morgan fingerprint density at radius 3 is 3.24 bits per heavy atom. The lowest BCUT2D eigenvalue weighted by molar-refractivity contribution is 0.0774. The molecule has 1 aliphatic heterocycles. The molecule has 6 heteroatoms. The molecular weight excluding hydrogens is 218 g/mol. The molecule has 1 aromatic heterocycles. The molecule has 1 aliphatic rings. The number of nitrogens with one attached hydrogen (secondary N) is 1. The second-order valence-electron chi connectivity index (χ2n) is 4.43. The number of hydrogen-bond acceptors (Lipinski definition) is 5. The lowest BCUT2D eigenvalue weighted by Crippen LogP contribution is -2.45. The zero-order valence-electron chi connectivity index (χ0n) is 10.3. The van der Waals surface area contributed by atoms with Crippen molar-refractivity contribution in [1.82, 2.24) is 20.2 Å². The molecule has 0 spiro atoms. The Kier molecular flexibility index (Phi) is 4.47. The lowest BCUT2D eigenvalue weighted by Gasteiger charge is -2.21. The van der Waals surface area contributed by atoms with Gasteiger partial charge in [-0.2, -0.15) is 5.10 Å². The van der Waals surface area contributed by atoms with Crippen molar-refractivity contribution in [2.75, 3.05) is 6.61 Å². The molecule has 2 atom stereocenters. The van der Waals surface area contributed by atoms with Crippen molar-refractivity contribution in [2.24, 2.45) is 5.84 Å². The highest BCUT2D eigenvalue weighted by molar-refractivity contribution is 4.93. The van der Waals surface area contributed by atoms with E-state index in [2.05, 4.69) is 22.4 Å². The topological polar surface area (TPSA) is 78.0 Å². The van der Waals surface area contributed by atoms with Crippen LogP contribution in [0.15, 0.2) is 6.33 Å². The number of ether oxygens (including phenoxy) is 1. The second-order valence-corrected chi connectivity index (χ2v) is 4.43. The van der Waals surface area contributed by atoms with Gasteiger partial charge in [-0.05, 0) is 19.3 Å². The quantitative estimate of drug-likeness (QED) is 0.549. The first-order valence-corrected chi connectivity index (χ1v) is 6.29. The monoisotopic (exact) mass is 239 g/mol. The molecule has 1 aromatic rings. The highest BCUT2D eigenvalue weighted by Gasteiger charge is 2.26.